The number of nitrogens with zero attached hydrogens (tertiary/aromatic N) is 1. The number of hydrogen-bond donors (Lipinski definition) is 2. The van der Waals surface area contributed by atoms with E-state index in [0.717, 1.165) is 43.6 Å². The monoisotopic (exact) mass is 315 g/mol. The summed E-state index contributed by atoms with van der Waals surface area (Å²) in [4.78, 5) is 26.1. The predicted molar refractivity (Wildman–Crippen MR) is 91.5 cm³/mol. The lowest BCUT2D eigenvalue weighted by atomic mass is 10.1. The van der Waals surface area contributed by atoms with Crippen molar-refractivity contribution < 1.29 is 9.59 Å². The maximum absolute atomic E-state index is 12.4. The summed E-state index contributed by atoms with van der Waals surface area (Å²) in [5, 5.41) is 5.86. The van der Waals surface area contributed by atoms with Gasteiger partial charge in [-0.2, -0.15) is 0 Å². The average molecular weight is 315 g/mol. The fraction of sp³-hybridized carbons (Fsp3) is 0.556. The summed E-state index contributed by atoms with van der Waals surface area (Å²) >= 11 is 0. The lowest BCUT2D eigenvalue weighted by Gasteiger charge is -2.27. The Labute approximate surface area is 137 Å². The van der Waals surface area contributed by atoms with Crippen LogP contribution in [0, 0.1) is 5.92 Å². The molecular weight excluding hydrogens is 290 g/mol. The number of hydrogen-bond acceptors (Lipinski definition) is 2. The zero-order valence-electron chi connectivity index (χ0n) is 13.7. The van der Waals surface area contributed by atoms with Gasteiger partial charge in [-0.1, -0.05) is 12.8 Å². The molecule has 5 heteroatoms. The predicted octanol–water partition coefficient (Wildman–Crippen LogP) is 3.83. The molecule has 0 spiro atoms. The highest BCUT2D eigenvalue weighted by molar-refractivity contribution is 5.94. The fourth-order valence-corrected chi connectivity index (χ4v) is 3.00. The first-order chi connectivity index (χ1) is 11.1. The van der Waals surface area contributed by atoms with Gasteiger partial charge in [0.1, 0.15) is 0 Å². The Hall–Kier alpha value is -2.04. The molecule has 1 aliphatic heterocycles. The van der Waals surface area contributed by atoms with Gasteiger partial charge < -0.3 is 15.5 Å². The van der Waals surface area contributed by atoms with Crippen LogP contribution in [0.4, 0.5) is 16.2 Å². The van der Waals surface area contributed by atoms with Crippen molar-refractivity contribution >= 4 is 23.3 Å². The van der Waals surface area contributed by atoms with Crippen molar-refractivity contribution in [3.8, 4) is 0 Å². The van der Waals surface area contributed by atoms with Crippen LogP contribution in [0.5, 0.6) is 0 Å². The van der Waals surface area contributed by atoms with E-state index >= 15 is 0 Å². The molecule has 2 fully saturated rings. The van der Waals surface area contributed by atoms with Gasteiger partial charge in [-0.15, -0.1) is 0 Å². The van der Waals surface area contributed by atoms with Gasteiger partial charge in [-0.3, -0.25) is 4.79 Å². The molecular formula is C18H25N3O2. The van der Waals surface area contributed by atoms with Gasteiger partial charge >= 0.3 is 6.03 Å². The number of anilines is 2. The number of carbonyl (C=O) groups excluding carboxylic acids is 2. The van der Waals surface area contributed by atoms with Gasteiger partial charge in [-0.05, 0) is 56.9 Å². The molecule has 0 radical (unpaired) electrons. The molecule has 1 aromatic rings. The first-order valence-electron chi connectivity index (χ1n) is 8.62. The zero-order valence-corrected chi connectivity index (χ0v) is 13.7. The summed E-state index contributed by atoms with van der Waals surface area (Å²) in [6.07, 6.45) is 6.52. The van der Waals surface area contributed by atoms with E-state index in [1.165, 1.54) is 12.8 Å². The van der Waals surface area contributed by atoms with Crippen molar-refractivity contribution in [1.29, 1.82) is 0 Å². The van der Waals surface area contributed by atoms with E-state index in [2.05, 4.69) is 17.6 Å². The normalized spacial score (nSPS) is 21.4. The van der Waals surface area contributed by atoms with Gasteiger partial charge in [0.2, 0.25) is 5.91 Å². The van der Waals surface area contributed by atoms with E-state index in [1.54, 1.807) is 0 Å². The first kappa shape index (κ1) is 15.8. The molecule has 2 aliphatic rings. The van der Waals surface area contributed by atoms with Crippen LogP contribution < -0.4 is 10.6 Å². The third kappa shape index (κ3) is 4.24. The van der Waals surface area contributed by atoms with Crippen LogP contribution in [-0.2, 0) is 4.79 Å². The number of rotatable bonds is 3. The second-order valence-electron chi connectivity index (χ2n) is 6.66. The molecule has 124 valence electrons. The summed E-state index contributed by atoms with van der Waals surface area (Å²) in [5.74, 6) is 0.291. The highest BCUT2D eigenvalue weighted by atomic mass is 16.2. The number of benzene rings is 1. The van der Waals surface area contributed by atoms with E-state index in [9.17, 15) is 9.59 Å². The summed E-state index contributed by atoms with van der Waals surface area (Å²) < 4.78 is 0. The number of amides is 3. The molecule has 0 unspecified atom stereocenters. The molecule has 0 aromatic heterocycles. The summed E-state index contributed by atoms with van der Waals surface area (Å²) in [6, 6.07) is 7.60. The van der Waals surface area contributed by atoms with E-state index in [-0.39, 0.29) is 23.9 Å². The number of likely N-dealkylation sites (tertiary alicyclic amines) is 1. The third-order valence-electron chi connectivity index (χ3n) is 4.67. The van der Waals surface area contributed by atoms with Crippen LogP contribution in [0.3, 0.4) is 0 Å². The Balaban J connectivity index is 1.56. The molecule has 3 amide bonds. The van der Waals surface area contributed by atoms with E-state index < -0.39 is 0 Å². The molecule has 1 heterocycles. The molecule has 1 saturated carbocycles. The van der Waals surface area contributed by atoms with Gasteiger partial charge in [0, 0.05) is 29.9 Å². The molecule has 1 atom stereocenters. The van der Waals surface area contributed by atoms with Gasteiger partial charge in [0.25, 0.3) is 0 Å². The molecule has 5 nitrogen and oxygen atoms in total. The van der Waals surface area contributed by atoms with Crippen LogP contribution in [0.15, 0.2) is 24.3 Å². The minimum absolute atomic E-state index is 0.0332. The maximum Gasteiger partial charge on any atom is 0.322 e. The zero-order chi connectivity index (χ0) is 16.2. The van der Waals surface area contributed by atoms with Crippen LogP contribution >= 0.6 is 0 Å². The van der Waals surface area contributed by atoms with Crippen molar-refractivity contribution in [1.82, 2.24) is 4.90 Å². The highest BCUT2D eigenvalue weighted by Gasteiger charge is 2.29. The van der Waals surface area contributed by atoms with Crippen LogP contribution in [0.1, 0.15) is 45.4 Å². The Morgan fingerprint density at radius 3 is 2.26 bits per heavy atom. The summed E-state index contributed by atoms with van der Waals surface area (Å²) in [7, 11) is 0. The van der Waals surface area contributed by atoms with Crippen LogP contribution in [0.25, 0.3) is 0 Å². The van der Waals surface area contributed by atoms with E-state index in [0.29, 0.717) is 0 Å². The second-order valence-corrected chi connectivity index (χ2v) is 6.66. The van der Waals surface area contributed by atoms with Crippen LogP contribution in [0.2, 0.25) is 0 Å². The Morgan fingerprint density at radius 1 is 0.957 bits per heavy atom. The smallest absolute Gasteiger partial charge is 0.322 e. The van der Waals surface area contributed by atoms with Crippen molar-refractivity contribution in [2.45, 2.75) is 51.5 Å². The molecule has 2 N–H and O–H groups in total. The maximum atomic E-state index is 12.4. The molecule has 1 aromatic carbocycles. The minimum atomic E-state index is -0.0332. The molecule has 23 heavy (non-hydrogen) atoms. The Bertz CT molecular complexity index is 566. The SMILES string of the molecule is C[C@H]1CCCCCN1C(=O)Nc1ccc(NC(=O)C2CC2)cc1. The second kappa shape index (κ2) is 7.02. The van der Waals surface area contributed by atoms with E-state index in [1.807, 2.05) is 29.2 Å². The Morgan fingerprint density at radius 2 is 1.61 bits per heavy atom. The average Bonchev–Trinajstić information content (AvgIpc) is 3.36. The minimum Gasteiger partial charge on any atom is -0.326 e. The first-order valence-corrected chi connectivity index (χ1v) is 8.62. The quantitative estimate of drug-likeness (QED) is 0.890. The third-order valence-corrected chi connectivity index (χ3v) is 4.67. The molecule has 1 saturated heterocycles. The molecule has 0 bridgehead atoms. The lowest BCUT2D eigenvalue weighted by molar-refractivity contribution is -0.117. The summed E-state index contributed by atoms with van der Waals surface area (Å²) in [5.41, 5.74) is 1.54. The van der Waals surface area contributed by atoms with Crippen molar-refractivity contribution in [3.63, 3.8) is 0 Å². The standard InChI is InChI=1S/C18H25N3O2/c1-13-5-3-2-4-12-21(13)18(23)20-16-10-8-15(9-11-16)19-17(22)14-6-7-14/h8-11,13-14H,2-7,12H2,1H3,(H,19,22)(H,20,23)/t13-/m0/s1. The van der Waals surface area contributed by atoms with Gasteiger partial charge in [0.15, 0.2) is 0 Å². The van der Waals surface area contributed by atoms with Crippen molar-refractivity contribution in [2.24, 2.45) is 5.92 Å². The number of nitrogens with one attached hydrogen (secondary N) is 2. The largest absolute Gasteiger partial charge is 0.326 e. The fourth-order valence-electron chi connectivity index (χ4n) is 3.00. The van der Waals surface area contributed by atoms with E-state index in [4.69, 9.17) is 0 Å². The molecule has 3 rings (SSSR count). The summed E-state index contributed by atoms with van der Waals surface area (Å²) in [6.45, 7) is 2.93. The Kier molecular flexibility index (Phi) is 4.84. The molecule has 1 aliphatic carbocycles. The topological polar surface area (TPSA) is 61.4 Å². The van der Waals surface area contributed by atoms with Gasteiger partial charge in [-0.25, -0.2) is 4.79 Å². The highest BCUT2D eigenvalue weighted by Crippen LogP contribution is 2.30. The van der Waals surface area contributed by atoms with Crippen molar-refractivity contribution in [2.75, 3.05) is 17.2 Å². The lowest BCUT2D eigenvalue weighted by Crippen LogP contribution is -2.41. The number of urea groups is 1. The number of carbonyl (C=O) groups is 2. The van der Waals surface area contributed by atoms with Gasteiger partial charge in [0.05, 0.1) is 0 Å². The van der Waals surface area contributed by atoms with Crippen LogP contribution in [-0.4, -0.2) is 29.4 Å². The van der Waals surface area contributed by atoms with Crippen molar-refractivity contribution in [3.05, 3.63) is 24.3 Å².